The minimum atomic E-state index is -3.88. The van der Waals surface area contributed by atoms with Crippen molar-refractivity contribution in [2.45, 2.75) is 11.8 Å². The Hall–Kier alpha value is -2.45. The third-order valence-electron chi connectivity index (χ3n) is 3.24. The van der Waals surface area contributed by atoms with Gasteiger partial charge in [0.15, 0.2) is 0 Å². The number of nitrogens with zero attached hydrogens (tertiary/aromatic N) is 2. The van der Waals surface area contributed by atoms with Gasteiger partial charge < -0.3 is 0 Å². The van der Waals surface area contributed by atoms with Gasteiger partial charge in [0.25, 0.3) is 10.0 Å². The maximum atomic E-state index is 12.6. The quantitative estimate of drug-likeness (QED) is 0.897. The van der Waals surface area contributed by atoms with Crippen LogP contribution in [0, 0.1) is 0 Å². The molecule has 1 aliphatic rings. The molecule has 2 amide bonds. The van der Waals surface area contributed by atoms with Crippen molar-refractivity contribution in [1.29, 1.82) is 0 Å². The highest BCUT2D eigenvalue weighted by Crippen LogP contribution is 2.22. The van der Waals surface area contributed by atoms with Gasteiger partial charge in [0.2, 0.25) is 0 Å². The Bertz CT molecular complexity index is 871. The van der Waals surface area contributed by atoms with Gasteiger partial charge >= 0.3 is 6.03 Å². The van der Waals surface area contributed by atoms with Crippen LogP contribution < -0.4 is 10.3 Å². The molecule has 0 unspecified atom stereocenters. The minimum Gasteiger partial charge on any atom is -0.245 e. The molecule has 0 saturated carbocycles. The highest BCUT2D eigenvalue weighted by atomic mass is 32.2. The molecular formula is C14H14N4O3S. The molecule has 0 fully saturated rings. The fraction of sp³-hybridized carbons (Fsp3) is 0.143. The number of carbonyl (C=O) groups is 1. The van der Waals surface area contributed by atoms with Crippen molar-refractivity contribution in [2.24, 2.45) is 5.10 Å². The van der Waals surface area contributed by atoms with E-state index in [4.69, 9.17) is 0 Å². The van der Waals surface area contributed by atoms with Crippen molar-refractivity contribution in [2.75, 3.05) is 6.54 Å². The molecular weight excluding hydrogens is 304 g/mol. The molecule has 0 spiro atoms. The number of rotatable bonds is 3. The number of hydrazine groups is 1. The van der Waals surface area contributed by atoms with Crippen LogP contribution in [0.5, 0.6) is 0 Å². The molecule has 1 heterocycles. The average Bonchev–Trinajstić information content (AvgIpc) is 2.50. The second-order valence-electron chi connectivity index (χ2n) is 4.92. The Morgan fingerprint density at radius 1 is 1.18 bits per heavy atom. The number of sulfonamides is 1. The lowest BCUT2D eigenvalue weighted by Crippen LogP contribution is -2.54. The zero-order valence-electron chi connectivity index (χ0n) is 11.8. The SMILES string of the molecule is CC1=NNC(=O)N(NS(=O)(=O)c2cccc3ccccc23)C1. The summed E-state index contributed by atoms with van der Waals surface area (Å²) >= 11 is 0. The fourth-order valence-corrected chi connectivity index (χ4v) is 3.51. The molecule has 8 heteroatoms. The molecule has 2 N–H and O–H groups in total. The molecule has 0 aliphatic carbocycles. The summed E-state index contributed by atoms with van der Waals surface area (Å²) in [6.45, 7) is 1.79. The highest BCUT2D eigenvalue weighted by molar-refractivity contribution is 7.89. The van der Waals surface area contributed by atoms with Crippen molar-refractivity contribution in [3.05, 3.63) is 42.5 Å². The molecule has 0 atom stereocenters. The number of nitrogens with one attached hydrogen (secondary N) is 2. The standard InChI is InChI=1S/C14H14N4O3S/c1-10-9-18(14(19)16-15-10)17-22(20,21)13-8-4-6-11-5-2-3-7-12(11)13/h2-8,17H,9H2,1H3,(H,16,19). The number of benzene rings is 2. The molecule has 1 aliphatic heterocycles. The third kappa shape index (κ3) is 2.66. The summed E-state index contributed by atoms with van der Waals surface area (Å²) in [6.07, 6.45) is 0. The van der Waals surface area contributed by atoms with Gasteiger partial charge in [0.1, 0.15) is 0 Å². The van der Waals surface area contributed by atoms with Crippen molar-refractivity contribution < 1.29 is 13.2 Å². The molecule has 0 saturated heterocycles. The van der Waals surface area contributed by atoms with Crippen LogP contribution in [0.2, 0.25) is 0 Å². The van der Waals surface area contributed by atoms with Crippen LogP contribution in [0.4, 0.5) is 4.79 Å². The number of hydrazone groups is 1. The number of hydrogen-bond donors (Lipinski definition) is 2. The normalized spacial score (nSPS) is 15.6. The summed E-state index contributed by atoms with van der Waals surface area (Å²) in [6, 6.07) is 11.6. The van der Waals surface area contributed by atoms with Crippen molar-refractivity contribution >= 4 is 32.5 Å². The van der Waals surface area contributed by atoms with Gasteiger partial charge in [-0.1, -0.05) is 36.4 Å². The topological polar surface area (TPSA) is 90.9 Å². The first-order valence-electron chi connectivity index (χ1n) is 6.58. The average molecular weight is 318 g/mol. The van der Waals surface area contributed by atoms with E-state index in [-0.39, 0.29) is 11.4 Å². The Balaban J connectivity index is 1.99. The maximum Gasteiger partial charge on any atom is 0.353 e. The van der Waals surface area contributed by atoms with E-state index in [9.17, 15) is 13.2 Å². The zero-order chi connectivity index (χ0) is 15.7. The van der Waals surface area contributed by atoms with E-state index < -0.39 is 16.1 Å². The van der Waals surface area contributed by atoms with Crippen LogP contribution in [-0.2, 0) is 10.0 Å². The number of hydrogen-bond acceptors (Lipinski definition) is 4. The van der Waals surface area contributed by atoms with Crippen molar-refractivity contribution in [1.82, 2.24) is 15.3 Å². The molecule has 3 rings (SSSR count). The predicted molar refractivity (Wildman–Crippen MR) is 82.6 cm³/mol. The summed E-state index contributed by atoms with van der Waals surface area (Å²) in [4.78, 5) is 14.1. The van der Waals surface area contributed by atoms with E-state index in [1.165, 1.54) is 6.07 Å². The number of carbonyl (C=O) groups excluding carboxylic acids is 1. The highest BCUT2D eigenvalue weighted by Gasteiger charge is 2.26. The van der Waals surface area contributed by atoms with E-state index in [1.807, 2.05) is 18.2 Å². The second kappa shape index (κ2) is 5.39. The van der Waals surface area contributed by atoms with Crippen LogP contribution in [0.1, 0.15) is 6.92 Å². The molecule has 114 valence electrons. The van der Waals surface area contributed by atoms with E-state index in [2.05, 4.69) is 15.4 Å². The predicted octanol–water partition coefficient (Wildman–Crippen LogP) is 1.43. The van der Waals surface area contributed by atoms with Crippen molar-refractivity contribution in [3.8, 4) is 0 Å². The van der Waals surface area contributed by atoms with Gasteiger partial charge in [-0.25, -0.2) is 23.6 Å². The van der Waals surface area contributed by atoms with Crippen molar-refractivity contribution in [3.63, 3.8) is 0 Å². The van der Waals surface area contributed by atoms with Crippen LogP contribution in [0.15, 0.2) is 52.5 Å². The van der Waals surface area contributed by atoms with E-state index in [1.54, 1.807) is 25.1 Å². The van der Waals surface area contributed by atoms with E-state index in [0.717, 1.165) is 10.4 Å². The maximum absolute atomic E-state index is 12.6. The first-order chi connectivity index (χ1) is 10.5. The lowest BCUT2D eigenvalue weighted by molar-refractivity contribution is 0.193. The zero-order valence-corrected chi connectivity index (χ0v) is 12.6. The summed E-state index contributed by atoms with van der Waals surface area (Å²) in [5, 5.41) is 6.15. The Morgan fingerprint density at radius 3 is 2.73 bits per heavy atom. The summed E-state index contributed by atoms with van der Waals surface area (Å²) in [7, 11) is -3.88. The molecule has 2 aromatic rings. The summed E-state index contributed by atoms with van der Waals surface area (Å²) in [5.41, 5.74) is 2.84. The van der Waals surface area contributed by atoms with Crippen LogP contribution >= 0.6 is 0 Å². The minimum absolute atomic E-state index is 0.0931. The summed E-state index contributed by atoms with van der Waals surface area (Å²) in [5.74, 6) is 0. The van der Waals surface area contributed by atoms with Gasteiger partial charge in [0, 0.05) is 5.39 Å². The lowest BCUT2D eigenvalue weighted by atomic mass is 10.1. The fourth-order valence-electron chi connectivity index (χ4n) is 2.24. The number of amides is 2. The second-order valence-corrected chi connectivity index (χ2v) is 6.55. The lowest BCUT2D eigenvalue weighted by Gasteiger charge is -2.25. The van der Waals surface area contributed by atoms with E-state index >= 15 is 0 Å². The Labute approximate surface area is 127 Å². The largest absolute Gasteiger partial charge is 0.353 e. The van der Waals surface area contributed by atoms with Gasteiger partial charge in [-0.2, -0.15) is 5.10 Å². The van der Waals surface area contributed by atoms with Gasteiger partial charge in [0.05, 0.1) is 17.2 Å². The molecule has 22 heavy (non-hydrogen) atoms. The molecule has 0 radical (unpaired) electrons. The van der Waals surface area contributed by atoms with Gasteiger partial charge in [-0.05, 0) is 18.4 Å². The molecule has 2 aromatic carbocycles. The van der Waals surface area contributed by atoms with Crippen LogP contribution in [0.25, 0.3) is 10.8 Å². The first kappa shape index (κ1) is 14.5. The Kier molecular flexibility index (Phi) is 3.55. The van der Waals surface area contributed by atoms with E-state index in [0.29, 0.717) is 11.1 Å². The van der Waals surface area contributed by atoms with Gasteiger partial charge in [-0.15, -0.1) is 4.83 Å². The molecule has 0 aromatic heterocycles. The first-order valence-corrected chi connectivity index (χ1v) is 8.06. The summed E-state index contributed by atoms with van der Waals surface area (Å²) < 4.78 is 25.2. The number of fused-ring (bicyclic) bond motifs is 1. The molecule has 7 nitrogen and oxygen atoms in total. The third-order valence-corrected chi connectivity index (χ3v) is 4.64. The van der Waals surface area contributed by atoms with Crippen LogP contribution in [-0.4, -0.2) is 31.7 Å². The smallest absolute Gasteiger partial charge is 0.245 e. The molecule has 0 bridgehead atoms. The van der Waals surface area contributed by atoms with Crippen LogP contribution in [0.3, 0.4) is 0 Å². The van der Waals surface area contributed by atoms with Gasteiger partial charge in [-0.3, -0.25) is 0 Å². The monoisotopic (exact) mass is 318 g/mol. The number of urea groups is 1. The Morgan fingerprint density at radius 2 is 1.91 bits per heavy atom.